The average Bonchev–Trinajstić information content (AvgIpc) is 2.61. The lowest BCUT2D eigenvalue weighted by atomic mass is 10.1. The molecule has 0 heterocycles. The van der Waals surface area contributed by atoms with Crippen LogP contribution in [0, 0.1) is 13.8 Å². The molecule has 0 aromatic heterocycles. The van der Waals surface area contributed by atoms with Crippen LogP contribution in [-0.2, 0) is 9.53 Å². The number of benzene rings is 2. The van der Waals surface area contributed by atoms with E-state index in [1.54, 1.807) is 31.2 Å². The van der Waals surface area contributed by atoms with Gasteiger partial charge >= 0.3 is 5.97 Å². The number of carbonyl (C=O) groups excluding carboxylic acids is 2. The highest BCUT2D eigenvalue weighted by atomic mass is 16.5. The molecule has 0 radical (unpaired) electrons. The monoisotopic (exact) mass is 355 g/mol. The molecule has 1 amide bonds. The van der Waals surface area contributed by atoms with Crippen molar-refractivity contribution in [2.75, 3.05) is 11.9 Å². The highest BCUT2D eigenvalue weighted by molar-refractivity contribution is 5.96. The first-order valence-electron chi connectivity index (χ1n) is 8.76. The molecular weight excluding hydrogens is 330 g/mol. The molecule has 138 valence electrons. The predicted octanol–water partition coefficient (Wildman–Crippen LogP) is 4.28. The number of hydrogen-bond acceptors (Lipinski definition) is 4. The van der Waals surface area contributed by atoms with Crippen LogP contribution in [0.5, 0.6) is 5.75 Å². The minimum Gasteiger partial charge on any atom is -0.480 e. The Kier molecular flexibility index (Phi) is 6.78. The number of esters is 1. The van der Waals surface area contributed by atoms with E-state index in [1.165, 1.54) is 0 Å². The van der Waals surface area contributed by atoms with Gasteiger partial charge in [0.05, 0.1) is 12.2 Å². The molecule has 5 heteroatoms. The lowest BCUT2D eigenvalue weighted by molar-refractivity contribution is -0.122. The second-order valence-electron chi connectivity index (χ2n) is 6.07. The fourth-order valence-electron chi connectivity index (χ4n) is 2.57. The smallest absolute Gasteiger partial charge is 0.338 e. The maximum absolute atomic E-state index is 12.6. The van der Waals surface area contributed by atoms with Gasteiger partial charge in [0.15, 0.2) is 6.10 Å². The maximum atomic E-state index is 12.6. The number of rotatable bonds is 7. The van der Waals surface area contributed by atoms with E-state index in [1.807, 2.05) is 39.0 Å². The largest absolute Gasteiger partial charge is 0.480 e. The molecule has 1 N–H and O–H groups in total. The highest BCUT2D eigenvalue weighted by Crippen LogP contribution is 2.21. The molecule has 0 aliphatic heterocycles. The minimum absolute atomic E-state index is 0.256. The Morgan fingerprint density at radius 1 is 1.08 bits per heavy atom. The molecule has 0 unspecified atom stereocenters. The van der Waals surface area contributed by atoms with Crippen LogP contribution in [-0.4, -0.2) is 24.6 Å². The van der Waals surface area contributed by atoms with Gasteiger partial charge in [-0.05, 0) is 57.0 Å². The summed E-state index contributed by atoms with van der Waals surface area (Å²) < 4.78 is 10.9. The Labute approximate surface area is 154 Å². The van der Waals surface area contributed by atoms with E-state index in [-0.39, 0.29) is 5.91 Å². The Morgan fingerprint density at radius 2 is 1.85 bits per heavy atom. The molecule has 26 heavy (non-hydrogen) atoms. The molecule has 0 bridgehead atoms. The number of aryl methyl sites for hydroxylation is 2. The SMILES string of the molecule is CCOC(=O)c1cccc(NC(=O)[C@@H](CC)Oc2ccc(C)cc2C)c1. The predicted molar refractivity (Wildman–Crippen MR) is 102 cm³/mol. The average molecular weight is 355 g/mol. The zero-order valence-corrected chi connectivity index (χ0v) is 15.7. The van der Waals surface area contributed by atoms with E-state index in [4.69, 9.17) is 9.47 Å². The molecule has 5 nitrogen and oxygen atoms in total. The summed E-state index contributed by atoms with van der Waals surface area (Å²) in [5, 5.41) is 2.81. The first-order valence-corrected chi connectivity index (χ1v) is 8.76. The minimum atomic E-state index is -0.623. The van der Waals surface area contributed by atoms with Crippen LogP contribution in [0.3, 0.4) is 0 Å². The van der Waals surface area contributed by atoms with E-state index < -0.39 is 12.1 Å². The third-order valence-electron chi connectivity index (χ3n) is 3.90. The molecule has 0 saturated heterocycles. The van der Waals surface area contributed by atoms with E-state index in [0.717, 1.165) is 11.1 Å². The Balaban J connectivity index is 2.09. The third kappa shape index (κ3) is 5.09. The molecule has 0 fully saturated rings. The van der Waals surface area contributed by atoms with Crippen LogP contribution >= 0.6 is 0 Å². The van der Waals surface area contributed by atoms with Crippen LogP contribution in [0.4, 0.5) is 5.69 Å². The summed E-state index contributed by atoms with van der Waals surface area (Å²) in [6, 6.07) is 12.5. The van der Waals surface area contributed by atoms with Gasteiger partial charge in [0.2, 0.25) is 0 Å². The molecule has 0 aliphatic rings. The number of ether oxygens (including phenoxy) is 2. The fraction of sp³-hybridized carbons (Fsp3) is 0.333. The molecule has 1 atom stereocenters. The molecular formula is C21H25NO4. The molecule has 0 spiro atoms. The first-order chi connectivity index (χ1) is 12.4. The van der Waals surface area contributed by atoms with Crippen molar-refractivity contribution in [2.45, 2.75) is 40.2 Å². The van der Waals surface area contributed by atoms with E-state index >= 15 is 0 Å². The summed E-state index contributed by atoms with van der Waals surface area (Å²) in [4.78, 5) is 24.4. The molecule has 2 rings (SSSR count). The summed E-state index contributed by atoms with van der Waals surface area (Å²) in [6.07, 6.45) is -0.0980. The zero-order valence-electron chi connectivity index (χ0n) is 15.7. The Morgan fingerprint density at radius 3 is 2.50 bits per heavy atom. The van der Waals surface area contributed by atoms with Crippen molar-refractivity contribution in [3.63, 3.8) is 0 Å². The lowest BCUT2D eigenvalue weighted by Gasteiger charge is -2.19. The third-order valence-corrected chi connectivity index (χ3v) is 3.90. The van der Waals surface area contributed by atoms with Gasteiger partial charge in [0, 0.05) is 5.69 Å². The van der Waals surface area contributed by atoms with Crippen molar-refractivity contribution in [1.82, 2.24) is 0 Å². The van der Waals surface area contributed by atoms with E-state index in [0.29, 0.717) is 30.0 Å². The topological polar surface area (TPSA) is 64.6 Å². The highest BCUT2D eigenvalue weighted by Gasteiger charge is 2.20. The van der Waals surface area contributed by atoms with Crippen LogP contribution in [0.25, 0.3) is 0 Å². The van der Waals surface area contributed by atoms with Gasteiger partial charge < -0.3 is 14.8 Å². The number of hydrogen-bond donors (Lipinski definition) is 1. The summed E-state index contributed by atoms with van der Waals surface area (Å²) in [5.74, 6) is 0.0218. The van der Waals surface area contributed by atoms with E-state index in [2.05, 4.69) is 5.32 Å². The lowest BCUT2D eigenvalue weighted by Crippen LogP contribution is -2.32. The normalized spacial score (nSPS) is 11.5. The second-order valence-corrected chi connectivity index (χ2v) is 6.07. The van der Waals surface area contributed by atoms with Gasteiger partial charge in [-0.25, -0.2) is 4.79 Å². The summed E-state index contributed by atoms with van der Waals surface area (Å²) in [6.45, 7) is 7.91. The zero-order chi connectivity index (χ0) is 19.1. The van der Waals surface area contributed by atoms with Crippen LogP contribution < -0.4 is 10.1 Å². The van der Waals surface area contributed by atoms with Crippen LogP contribution in [0.1, 0.15) is 41.8 Å². The standard InChI is InChI=1S/C21H25NO4/c1-5-18(26-19-11-10-14(3)12-15(19)4)20(23)22-17-9-7-8-16(13-17)21(24)25-6-2/h7-13,18H,5-6H2,1-4H3,(H,22,23)/t18-/m1/s1. The summed E-state index contributed by atoms with van der Waals surface area (Å²) in [5.41, 5.74) is 3.06. The van der Waals surface area contributed by atoms with Gasteiger partial charge in [-0.15, -0.1) is 0 Å². The van der Waals surface area contributed by atoms with Crippen molar-refractivity contribution >= 4 is 17.6 Å². The van der Waals surface area contributed by atoms with Crippen molar-refractivity contribution < 1.29 is 19.1 Å². The van der Waals surface area contributed by atoms with Gasteiger partial charge in [0.25, 0.3) is 5.91 Å². The Bertz CT molecular complexity index is 785. The van der Waals surface area contributed by atoms with Gasteiger partial charge in [-0.1, -0.05) is 30.7 Å². The Hall–Kier alpha value is -2.82. The van der Waals surface area contributed by atoms with Crippen molar-refractivity contribution in [3.05, 3.63) is 59.2 Å². The van der Waals surface area contributed by atoms with E-state index in [9.17, 15) is 9.59 Å². The van der Waals surface area contributed by atoms with Gasteiger partial charge in [-0.3, -0.25) is 4.79 Å². The first kappa shape index (κ1) is 19.5. The number of nitrogens with one attached hydrogen (secondary N) is 1. The molecule has 0 aliphatic carbocycles. The fourth-order valence-corrected chi connectivity index (χ4v) is 2.57. The molecule has 0 saturated carbocycles. The van der Waals surface area contributed by atoms with Crippen molar-refractivity contribution in [3.8, 4) is 5.75 Å². The van der Waals surface area contributed by atoms with Gasteiger partial charge in [0.1, 0.15) is 5.75 Å². The molecule has 2 aromatic carbocycles. The molecule has 2 aromatic rings. The second kappa shape index (κ2) is 9.04. The maximum Gasteiger partial charge on any atom is 0.338 e. The van der Waals surface area contributed by atoms with Crippen LogP contribution in [0.2, 0.25) is 0 Å². The van der Waals surface area contributed by atoms with Gasteiger partial charge in [-0.2, -0.15) is 0 Å². The quantitative estimate of drug-likeness (QED) is 0.753. The van der Waals surface area contributed by atoms with Crippen molar-refractivity contribution in [1.29, 1.82) is 0 Å². The van der Waals surface area contributed by atoms with Crippen molar-refractivity contribution in [2.24, 2.45) is 0 Å². The number of carbonyl (C=O) groups is 2. The summed E-state index contributed by atoms with van der Waals surface area (Å²) >= 11 is 0. The number of amides is 1. The summed E-state index contributed by atoms with van der Waals surface area (Å²) in [7, 11) is 0. The van der Waals surface area contributed by atoms with Crippen LogP contribution in [0.15, 0.2) is 42.5 Å². The number of anilines is 1.